The number of rotatable bonds is 4. The zero-order valence-corrected chi connectivity index (χ0v) is 11.1. The Labute approximate surface area is 108 Å². The van der Waals surface area contributed by atoms with E-state index in [9.17, 15) is 0 Å². The molecular weight excluding hydrogens is 234 g/mol. The number of piperidine rings is 1. The Kier molecular flexibility index (Phi) is 4.63. The van der Waals surface area contributed by atoms with Crippen molar-refractivity contribution < 1.29 is 0 Å². The molecule has 0 spiro atoms. The van der Waals surface area contributed by atoms with E-state index in [0.29, 0.717) is 5.92 Å². The van der Waals surface area contributed by atoms with Gasteiger partial charge in [-0.3, -0.25) is 0 Å². The fraction of sp³-hybridized carbons (Fsp3) is 0.615. The lowest BCUT2D eigenvalue weighted by atomic mass is 9.98. The maximum absolute atomic E-state index is 6.19. The molecule has 2 heterocycles. The third-order valence-corrected chi connectivity index (χ3v) is 3.54. The number of aromatic nitrogens is 1. The second-order valence-electron chi connectivity index (χ2n) is 4.57. The van der Waals surface area contributed by atoms with Gasteiger partial charge >= 0.3 is 0 Å². The zero-order valence-electron chi connectivity index (χ0n) is 10.3. The summed E-state index contributed by atoms with van der Waals surface area (Å²) in [4.78, 5) is 6.70. The first-order valence-electron chi connectivity index (χ1n) is 6.37. The van der Waals surface area contributed by atoms with E-state index < -0.39 is 0 Å². The number of anilines is 1. The number of halogens is 1. The fourth-order valence-corrected chi connectivity index (χ4v) is 2.62. The number of hydrogen-bond donors (Lipinski definition) is 1. The molecule has 17 heavy (non-hydrogen) atoms. The minimum absolute atomic E-state index is 0.710. The fourth-order valence-electron chi connectivity index (χ4n) is 2.38. The molecule has 0 bridgehead atoms. The lowest BCUT2D eigenvalue weighted by Crippen LogP contribution is -2.40. The zero-order chi connectivity index (χ0) is 12.1. The lowest BCUT2D eigenvalue weighted by Gasteiger charge is -2.34. The van der Waals surface area contributed by atoms with E-state index in [1.54, 1.807) is 0 Å². The van der Waals surface area contributed by atoms with Crippen molar-refractivity contribution in [2.45, 2.75) is 19.8 Å². The average Bonchev–Trinajstić information content (AvgIpc) is 2.37. The van der Waals surface area contributed by atoms with Crippen molar-refractivity contribution in [2.24, 2.45) is 5.92 Å². The standard InChI is InChI=1S/C13H20ClN3/c1-2-15-9-11-5-4-8-17(10-11)13-12(14)6-3-7-16-13/h3,6-7,11,15H,2,4-5,8-10H2,1H3. The van der Waals surface area contributed by atoms with Gasteiger partial charge in [0.05, 0.1) is 5.02 Å². The van der Waals surface area contributed by atoms with Crippen LogP contribution in [0.15, 0.2) is 18.3 Å². The van der Waals surface area contributed by atoms with Crippen molar-refractivity contribution in [3.05, 3.63) is 23.4 Å². The molecule has 0 saturated carbocycles. The summed E-state index contributed by atoms with van der Waals surface area (Å²) in [5.41, 5.74) is 0. The molecular formula is C13H20ClN3. The molecule has 1 unspecified atom stereocenters. The molecule has 0 aliphatic carbocycles. The first kappa shape index (κ1) is 12.7. The average molecular weight is 254 g/mol. The van der Waals surface area contributed by atoms with Gasteiger partial charge in [0.2, 0.25) is 0 Å². The van der Waals surface area contributed by atoms with Gasteiger partial charge in [0.1, 0.15) is 5.82 Å². The molecule has 1 aliphatic heterocycles. The summed E-state index contributed by atoms with van der Waals surface area (Å²) < 4.78 is 0. The molecule has 0 amide bonds. The predicted molar refractivity (Wildman–Crippen MR) is 72.7 cm³/mol. The molecule has 1 N–H and O–H groups in total. The van der Waals surface area contributed by atoms with E-state index in [1.807, 2.05) is 18.3 Å². The van der Waals surface area contributed by atoms with Gasteiger partial charge in [-0.15, -0.1) is 0 Å². The monoisotopic (exact) mass is 253 g/mol. The van der Waals surface area contributed by atoms with Crippen LogP contribution in [0.25, 0.3) is 0 Å². The molecule has 3 nitrogen and oxygen atoms in total. The van der Waals surface area contributed by atoms with Crippen molar-refractivity contribution in [2.75, 3.05) is 31.1 Å². The van der Waals surface area contributed by atoms with Crippen LogP contribution in [0.1, 0.15) is 19.8 Å². The Balaban J connectivity index is 1.99. The lowest BCUT2D eigenvalue weighted by molar-refractivity contribution is 0.394. The molecule has 0 aromatic carbocycles. The maximum atomic E-state index is 6.19. The van der Waals surface area contributed by atoms with E-state index in [1.165, 1.54) is 12.8 Å². The SMILES string of the molecule is CCNCC1CCCN(c2ncccc2Cl)C1. The van der Waals surface area contributed by atoms with Gasteiger partial charge in [-0.05, 0) is 44.0 Å². The van der Waals surface area contributed by atoms with Gasteiger partial charge < -0.3 is 10.2 Å². The maximum Gasteiger partial charge on any atom is 0.147 e. The summed E-state index contributed by atoms with van der Waals surface area (Å²) in [6.45, 7) is 6.41. The van der Waals surface area contributed by atoms with Gasteiger partial charge in [-0.2, -0.15) is 0 Å². The second kappa shape index (κ2) is 6.22. The third-order valence-electron chi connectivity index (χ3n) is 3.24. The molecule has 2 rings (SSSR count). The van der Waals surface area contributed by atoms with Crippen LogP contribution >= 0.6 is 11.6 Å². The van der Waals surface area contributed by atoms with Gasteiger partial charge in [0, 0.05) is 19.3 Å². The number of hydrogen-bond acceptors (Lipinski definition) is 3. The molecule has 1 aromatic rings. The molecule has 1 atom stereocenters. The molecule has 4 heteroatoms. The molecule has 94 valence electrons. The van der Waals surface area contributed by atoms with Crippen LogP contribution in [0.5, 0.6) is 0 Å². The van der Waals surface area contributed by atoms with E-state index in [0.717, 1.165) is 37.0 Å². The Hall–Kier alpha value is -0.800. The predicted octanol–water partition coefficient (Wildman–Crippen LogP) is 2.56. The third kappa shape index (κ3) is 3.33. The normalized spacial score (nSPS) is 20.6. The van der Waals surface area contributed by atoms with E-state index in [2.05, 4.69) is 22.1 Å². The van der Waals surface area contributed by atoms with Gasteiger partial charge in [0.15, 0.2) is 0 Å². The van der Waals surface area contributed by atoms with Crippen molar-refractivity contribution >= 4 is 17.4 Å². The van der Waals surface area contributed by atoms with Crippen molar-refractivity contribution in [1.29, 1.82) is 0 Å². The van der Waals surface area contributed by atoms with Crippen LogP contribution < -0.4 is 10.2 Å². The highest BCUT2D eigenvalue weighted by Gasteiger charge is 2.21. The van der Waals surface area contributed by atoms with Crippen LogP contribution in [-0.4, -0.2) is 31.2 Å². The van der Waals surface area contributed by atoms with Gasteiger partial charge in [-0.25, -0.2) is 4.98 Å². The van der Waals surface area contributed by atoms with Crippen LogP contribution in [-0.2, 0) is 0 Å². The molecule has 0 radical (unpaired) electrons. The summed E-state index contributed by atoms with van der Waals surface area (Å²) in [7, 11) is 0. The summed E-state index contributed by atoms with van der Waals surface area (Å²) in [6.07, 6.45) is 4.34. The minimum Gasteiger partial charge on any atom is -0.355 e. The Morgan fingerprint density at radius 3 is 3.24 bits per heavy atom. The highest BCUT2D eigenvalue weighted by Crippen LogP contribution is 2.26. The molecule has 1 fully saturated rings. The van der Waals surface area contributed by atoms with Crippen molar-refractivity contribution in [3.8, 4) is 0 Å². The number of nitrogens with one attached hydrogen (secondary N) is 1. The number of nitrogens with zero attached hydrogens (tertiary/aromatic N) is 2. The van der Waals surface area contributed by atoms with Crippen molar-refractivity contribution in [1.82, 2.24) is 10.3 Å². The first-order valence-corrected chi connectivity index (χ1v) is 6.75. The van der Waals surface area contributed by atoms with Gasteiger partial charge in [-0.1, -0.05) is 18.5 Å². The van der Waals surface area contributed by atoms with Gasteiger partial charge in [0.25, 0.3) is 0 Å². The topological polar surface area (TPSA) is 28.2 Å². The van der Waals surface area contributed by atoms with E-state index >= 15 is 0 Å². The van der Waals surface area contributed by atoms with Crippen LogP contribution in [0.2, 0.25) is 5.02 Å². The largest absolute Gasteiger partial charge is 0.355 e. The summed E-state index contributed by atoms with van der Waals surface area (Å²) in [6, 6.07) is 3.80. The minimum atomic E-state index is 0.710. The summed E-state index contributed by atoms with van der Waals surface area (Å²) in [5, 5.41) is 4.19. The van der Waals surface area contributed by atoms with Crippen molar-refractivity contribution in [3.63, 3.8) is 0 Å². The highest BCUT2D eigenvalue weighted by atomic mass is 35.5. The quantitative estimate of drug-likeness (QED) is 0.894. The Morgan fingerprint density at radius 2 is 2.47 bits per heavy atom. The van der Waals surface area contributed by atoms with Crippen LogP contribution in [0, 0.1) is 5.92 Å². The van der Waals surface area contributed by atoms with Crippen LogP contribution in [0.4, 0.5) is 5.82 Å². The highest BCUT2D eigenvalue weighted by molar-refractivity contribution is 6.32. The Bertz CT molecular complexity index is 356. The molecule has 1 aromatic heterocycles. The first-order chi connectivity index (χ1) is 8.31. The summed E-state index contributed by atoms with van der Waals surface area (Å²) in [5.74, 6) is 1.65. The van der Waals surface area contributed by atoms with E-state index in [-0.39, 0.29) is 0 Å². The summed E-state index contributed by atoms with van der Waals surface area (Å²) >= 11 is 6.19. The van der Waals surface area contributed by atoms with Crippen LogP contribution in [0.3, 0.4) is 0 Å². The smallest absolute Gasteiger partial charge is 0.147 e. The molecule has 1 aliphatic rings. The Morgan fingerprint density at radius 1 is 1.59 bits per heavy atom. The second-order valence-corrected chi connectivity index (χ2v) is 4.98. The van der Waals surface area contributed by atoms with E-state index in [4.69, 9.17) is 11.6 Å². The number of pyridine rings is 1. The molecule has 1 saturated heterocycles.